The van der Waals surface area contributed by atoms with Crippen molar-refractivity contribution < 1.29 is 28.4 Å². The maximum Gasteiger partial charge on any atom is 0.472 e. The van der Waals surface area contributed by atoms with Gasteiger partial charge in [-0.2, -0.15) is 0 Å². The van der Waals surface area contributed by atoms with E-state index in [1.807, 2.05) is 0 Å². The average Bonchev–Trinajstić information content (AvgIpc) is 3.10. The monoisotopic (exact) mass is 733 g/mol. The summed E-state index contributed by atoms with van der Waals surface area (Å²) in [5.74, 6) is -0.157. The minimum atomic E-state index is -4.31. The molecule has 0 bridgehead atoms. The van der Waals surface area contributed by atoms with Gasteiger partial charge in [-0.05, 0) is 12.8 Å². The van der Waals surface area contributed by atoms with Crippen molar-refractivity contribution in [2.75, 3.05) is 19.8 Å². The third-order valence-corrected chi connectivity index (χ3v) is 10.9. The Labute approximate surface area is 310 Å². The summed E-state index contributed by atoms with van der Waals surface area (Å²) in [5.41, 5.74) is 5.38. The summed E-state index contributed by atoms with van der Waals surface area (Å²) >= 11 is 0. The van der Waals surface area contributed by atoms with Gasteiger partial charge in [-0.15, -0.1) is 0 Å². The van der Waals surface area contributed by atoms with Gasteiger partial charge in [-0.25, -0.2) is 4.57 Å². The molecule has 5 N–H and O–H groups in total. The molecule has 1 unspecified atom stereocenters. The van der Waals surface area contributed by atoms with Crippen LogP contribution in [-0.2, 0) is 18.4 Å². The minimum Gasteiger partial charge on any atom is -0.391 e. The number of aliphatic hydroxyl groups is 1. The van der Waals surface area contributed by atoms with Crippen LogP contribution in [0.2, 0.25) is 0 Å². The second kappa shape index (κ2) is 38.2. The number of unbranched alkanes of at least 4 members (excludes halogenated alkanes) is 29. The first kappa shape index (κ1) is 49.5. The molecule has 50 heavy (non-hydrogen) atoms. The van der Waals surface area contributed by atoms with Gasteiger partial charge in [0.25, 0.3) is 0 Å². The summed E-state index contributed by atoms with van der Waals surface area (Å²) in [6.07, 6.45) is 39.6. The lowest BCUT2D eigenvalue weighted by Crippen LogP contribution is -2.46. The zero-order chi connectivity index (χ0) is 36.8. The lowest BCUT2D eigenvalue weighted by molar-refractivity contribution is -0.123. The Bertz CT molecular complexity index is 759. The van der Waals surface area contributed by atoms with E-state index in [0.29, 0.717) is 12.8 Å². The van der Waals surface area contributed by atoms with E-state index in [-0.39, 0.29) is 25.7 Å². The molecule has 0 aliphatic rings. The molecule has 0 aromatic rings. The number of carbonyl (C=O) groups is 1. The molecule has 8 nitrogen and oxygen atoms in total. The van der Waals surface area contributed by atoms with E-state index in [2.05, 4.69) is 19.2 Å². The molecule has 0 spiro atoms. The molecule has 0 aliphatic heterocycles. The lowest BCUT2D eigenvalue weighted by atomic mass is 10.0. The van der Waals surface area contributed by atoms with Crippen molar-refractivity contribution in [2.24, 2.45) is 5.73 Å². The molecule has 0 heterocycles. The van der Waals surface area contributed by atoms with E-state index >= 15 is 0 Å². The molecule has 9 heteroatoms. The van der Waals surface area contributed by atoms with Crippen molar-refractivity contribution in [2.45, 2.75) is 238 Å². The van der Waals surface area contributed by atoms with E-state index in [4.69, 9.17) is 14.8 Å². The standard InChI is InChI=1S/C41H85N2O6P/c1-3-5-7-9-11-13-15-17-19-21-23-25-27-29-31-33-35-41(45)43-39(38-49-50(46,47)48-37-36-42)40(44)34-32-30-28-26-24-22-20-18-16-14-12-10-8-6-4-2/h39-40,44H,3-38,42H2,1-2H3,(H,43,45)(H,46,47)/t39-,40+/m0/s1. The third-order valence-electron chi connectivity index (χ3n) is 9.96. The predicted molar refractivity (Wildman–Crippen MR) is 212 cm³/mol. The van der Waals surface area contributed by atoms with Gasteiger partial charge in [0.1, 0.15) is 0 Å². The third kappa shape index (κ3) is 35.9. The van der Waals surface area contributed by atoms with Crippen LogP contribution in [0.3, 0.4) is 0 Å². The number of carbonyl (C=O) groups excluding carboxylic acids is 1. The number of nitrogens with one attached hydrogen (secondary N) is 1. The summed E-state index contributed by atoms with van der Waals surface area (Å²) in [6, 6.07) is -0.767. The molecule has 0 aromatic heterocycles. The van der Waals surface area contributed by atoms with Gasteiger partial charge in [0.05, 0.1) is 25.4 Å². The first-order valence-corrected chi connectivity index (χ1v) is 23.1. The van der Waals surface area contributed by atoms with Crippen LogP contribution < -0.4 is 11.1 Å². The molecule has 3 atom stereocenters. The fraction of sp³-hybridized carbons (Fsp3) is 0.976. The topological polar surface area (TPSA) is 131 Å². The number of hydrogen-bond acceptors (Lipinski definition) is 6. The van der Waals surface area contributed by atoms with Crippen molar-refractivity contribution in [1.29, 1.82) is 0 Å². The second-order valence-corrected chi connectivity index (χ2v) is 16.4. The highest BCUT2D eigenvalue weighted by Gasteiger charge is 2.27. The van der Waals surface area contributed by atoms with Crippen LogP contribution in [0.4, 0.5) is 0 Å². The van der Waals surface area contributed by atoms with Crippen LogP contribution in [0.15, 0.2) is 0 Å². The lowest BCUT2D eigenvalue weighted by Gasteiger charge is -2.25. The van der Waals surface area contributed by atoms with E-state index in [0.717, 1.165) is 38.5 Å². The maximum atomic E-state index is 12.8. The molecular weight excluding hydrogens is 647 g/mol. The van der Waals surface area contributed by atoms with Crippen LogP contribution in [0, 0.1) is 0 Å². The minimum absolute atomic E-state index is 0.0925. The summed E-state index contributed by atoms with van der Waals surface area (Å²) in [7, 11) is -4.31. The summed E-state index contributed by atoms with van der Waals surface area (Å²) in [4.78, 5) is 22.7. The summed E-state index contributed by atoms with van der Waals surface area (Å²) in [5, 5.41) is 13.8. The number of phosphoric ester groups is 1. The number of hydrogen-bond donors (Lipinski definition) is 4. The Morgan fingerprint density at radius 1 is 0.580 bits per heavy atom. The van der Waals surface area contributed by atoms with Gasteiger partial charge in [0.15, 0.2) is 0 Å². The van der Waals surface area contributed by atoms with E-state index < -0.39 is 20.0 Å². The van der Waals surface area contributed by atoms with E-state index in [9.17, 15) is 19.4 Å². The zero-order valence-corrected chi connectivity index (χ0v) is 34.1. The van der Waals surface area contributed by atoms with Gasteiger partial charge in [-0.1, -0.05) is 206 Å². The fourth-order valence-corrected chi connectivity index (χ4v) is 7.43. The summed E-state index contributed by atoms with van der Waals surface area (Å²) < 4.78 is 22.2. The Hall–Kier alpha value is -0.500. The van der Waals surface area contributed by atoms with Crippen LogP contribution in [0.1, 0.15) is 226 Å². The number of aliphatic hydroxyl groups excluding tert-OH is 1. The van der Waals surface area contributed by atoms with Gasteiger partial charge in [0.2, 0.25) is 5.91 Å². The average molecular weight is 733 g/mol. The van der Waals surface area contributed by atoms with Crippen LogP contribution in [0.25, 0.3) is 0 Å². The number of phosphoric acid groups is 1. The molecular formula is C41H85N2O6P. The Balaban J connectivity index is 4.13. The molecule has 0 aromatic carbocycles. The summed E-state index contributed by atoms with van der Waals surface area (Å²) in [6.45, 7) is 4.23. The van der Waals surface area contributed by atoms with Crippen molar-refractivity contribution >= 4 is 13.7 Å². The van der Waals surface area contributed by atoms with Crippen LogP contribution in [0.5, 0.6) is 0 Å². The van der Waals surface area contributed by atoms with Gasteiger partial charge in [-0.3, -0.25) is 13.8 Å². The smallest absolute Gasteiger partial charge is 0.391 e. The number of rotatable bonds is 41. The van der Waals surface area contributed by atoms with Gasteiger partial charge < -0.3 is 21.1 Å². The number of amides is 1. The molecule has 0 fully saturated rings. The molecule has 0 saturated carbocycles. The van der Waals surface area contributed by atoms with E-state index in [1.165, 1.54) is 161 Å². The molecule has 0 saturated heterocycles. The quantitative estimate of drug-likeness (QED) is 0.0363. The van der Waals surface area contributed by atoms with Crippen molar-refractivity contribution in [3.63, 3.8) is 0 Å². The van der Waals surface area contributed by atoms with Crippen molar-refractivity contribution in [1.82, 2.24) is 5.32 Å². The van der Waals surface area contributed by atoms with Gasteiger partial charge >= 0.3 is 7.82 Å². The van der Waals surface area contributed by atoms with Crippen LogP contribution >= 0.6 is 7.82 Å². The molecule has 0 radical (unpaired) electrons. The largest absolute Gasteiger partial charge is 0.472 e. The fourth-order valence-electron chi connectivity index (χ4n) is 6.67. The highest BCUT2D eigenvalue weighted by Crippen LogP contribution is 2.43. The molecule has 0 aliphatic carbocycles. The maximum absolute atomic E-state index is 12.8. The van der Waals surface area contributed by atoms with Crippen molar-refractivity contribution in [3.8, 4) is 0 Å². The van der Waals surface area contributed by atoms with Gasteiger partial charge in [0, 0.05) is 13.0 Å². The molecule has 300 valence electrons. The Kier molecular flexibility index (Phi) is 37.8. The SMILES string of the molecule is CCCCCCCCCCCCCCCCCCC(=O)N[C@@H](COP(=O)(O)OCCN)[C@H](O)CCCCCCCCCCCCCCCCC. The Morgan fingerprint density at radius 3 is 1.28 bits per heavy atom. The second-order valence-electron chi connectivity index (χ2n) is 14.9. The first-order chi connectivity index (χ1) is 24.4. The van der Waals surface area contributed by atoms with Crippen molar-refractivity contribution in [3.05, 3.63) is 0 Å². The zero-order valence-electron chi connectivity index (χ0n) is 33.2. The predicted octanol–water partition coefficient (Wildman–Crippen LogP) is 11.8. The highest BCUT2D eigenvalue weighted by molar-refractivity contribution is 7.47. The Morgan fingerprint density at radius 2 is 0.920 bits per heavy atom. The number of nitrogens with two attached hydrogens (primary N) is 1. The highest BCUT2D eigenvalue weighted by atomic mass is 31.2. The van der Waals surface area contributed by atoms with Crippen LogP contribution in [-0.4, -0.2) is 47.8 Å². The molecule has 0 rings (SSSR count). The van der Waals surface area contributed by atoms with E-state index in [1.54, 1.807) is 0 Å². The first-order valence-electron chi connectivity index (χ1n) is 21.7. The molecule has 1 amide bonds. The normalized spacial score (nSPS) is 14.1.